The zero-order valence-electron chi connectivity index (χ0n) is 45.1. The van der Waals surface area contributed by atoms with E-state index in [-0.39, 0.29) is 61.1 Å². The molecule has 3 aromatic carbocycles. The highest BCUT2D eigenvalue weighted by molar-refractivity contribution is 7.89. The summed E-state index contributed by atoms with van der Waals surface area (Å²) in [6, 6.07) is 7.80. The Morgan fingerprint density at radius 3 is 2.34 bits per heavy atom. The van der Waals surface area contributed by atoms with Crippen LogP contribution in [0, 0.1) is 36.5 Å². The van der Waals surface area contributed by atoms with E-state index in [1.165, 1.54) is 62.4 Å². The molecule has 22 heteroatoms. The van der Waals surface area contributed by atoms with Crippen molar-refractivity contribution in [1.29, 1.82) is 0 Å². The molecule has 0 saturated carbocycles. The number of Topliss-reactive ketones (excluding diaryl/α,β-unsaturated/α-hetero) is 1. The zero-order valence-corrected chi connectivity index (χ0v) is 45.9. The van der Waals surface area contributed by atoms with Crippen LogP contribution < -0.4 is 25.5 Å². The molecule has 0 unspecified atom stereocenters. The Labute approximate surface area is 447 Å². The van der Waals surface area contributed by atoms with Gasteiger partial charge in [-0.1, -0.05) is 83.2 Å². The number of benzene rings is 3. The van der Waals surface area contributed by atoms with Crippen molar-refractivity contribution in [2.75, 3.05) is 32.1 Å². The molecule has 1 saturated heterocycles. The van der Waals surface area contributed by atoms with E-state index in [1.54, 1.807) is 65.0 Å². The van der Waals surface area contributed by atoms with Gasteiger partial charge in [0.25, 0.3) is 11.7 Å². The lowest BCUT2D eigenvalue weighted by molar-refractivity contribution is -0.164. The fourth-order valence-electron chi connectivity index (χ4n) is 10.7. The number of rotatable bonds is 10. The second-order valence-corrected chi connectivity index (χ2v) is 23.2. The third-order valence-electron chi connectivity index (χ3n) is 15.3. The Morgan fingerprint density at radius 1 is 0.961 bits per heavy atom. The maximum absolute atomic E-state index is 15.0. The zero-order chi connectivity index (χ0) is 55.9. The summed E-state index contributed by atoms with van der Waals surface area (Å²) >= 11 is 0. The number of ether oxygens (including phenoxy) is 4. The third kappa shape index (κ3) is 11.4. The molecule has 1 aromatic heterocycles. The van der Waals surface area contributed by atoms with Crippen LogP contribution in [-0.4, -0.2) is 129 Å². The van der Waals surface area contributed by atoms with E-state index < -0.39 is 105 Å². The van der Waals surface area contributed by atoms with Crippen molar-refractivity contribution in [2.24, 2.45) is 39.6 Å². The minimum absolute atomic E-state index is 0.00755. The minimum Gasteiger partial charge on any atom is -0.507 e. The number of nitrogens with zero attached hydrogens (tertiary/aromatic N) is 6. The summed E-state index contributed by atoms with van der Waals surface area (Å²) in [7, 11) is -2.44. The molecule has 9 atom stereocenters. The van der Waals surface area contributed by atoms with Crippen LogP contribution in [0.15, 0.2) is 87.5 Å². The molecule has 1 spiro atoms. The first-order valence-corrected chi connectivity index (χ1v) is 27.4. The normalized spacial score (nSPS) is 28.5. The average Bonchev–Trinajstić information content (AvgIpc) is 4.14. The van der Waals surface area contributed by atoms with E-state index in [4.69, 9.17) is 23.9 Å². The van der Waals surface area contributed by atoms with Gasteiger partial charge in [-0.2, -0.15) is 0 Å². The van der Waals surface area contributed by atoms with Crippen molar-refractivity contribution < 1.29 is 62.2 Å². The third-order valence-corrected chi connectivity index (χ3v) is 16.7. The van der Waals surface area contributed by atoms with Crippen LogP contribution in [0.2, 0.25) is 0 Å². The molecule has 5 aliphatic heterocycles. The number of sulfonamides is 1. The number of allylic oxidation sites excluding steroid dienone is 2. The molecule has 414 valence electrons. The van der Waals surface area contributed by atoms with Gasteiger partial charge in [0.05, 0.1) is 64.5 Å². The predicted molar refractivity (Wildman–Crippen MR) is 283 cm³/mol. The molecule has 5 aliphatic rings. The molecule has 0 aliphatic carbocycles. The molecular weight excluding hydrogens is 1010 g/mol. The number of anilines is 1. The van der Waals surface area contributed by atoms with Crippen LogP contribution in [0.4, 0.5) is 5.69 Å². The van der Waals surface area contributed by atoms with Crippen molar-refractivity contribution in [2.45, 2.75) is 129 Å². The quantitative estimate of drug-likeness (QED) is 0.0942. The van der Waals surface area contributed by atoms with Gasteiger partial charge in [0.15, 0.2) is 5.75 Å². The maximum Gasteiger partial charge on any atom is 0.328 e. The standard InChI is InChI=1S/C55H70N8O13S/c1-29(2)26-62-22-20-55(21-23-62)58-43-40-41-48(67)35(8)51-42(40)52(69)54(9,76-51)74-24-19-38(73-10)32(5)50(75-39(64)28-63-27-36(60-61-63)25-56-77(71,72)37-17-12-11-13-18-37)34(7)47(66)33(6)46(65)30(3)15-14-16-31(4)53(70)57-45(49(41)68)44(43)59-55/h11-19,24,27,29-30,32-34,38,46-47,50,56,58,65-68H,20-23,25-26,28H2,1-10H3/b15-14+,24-19+,31-16-,57-45?/t30-,32+,33+,34+,38-,46-,47+,50+,54-/m0/s1. The smallest absolute Gasteiger partial charge is 0.328 e. The van der Waals surface area contributed by atoms with Gasteiger partial charge in [-0.25, -0.2) is 22.8 Å². The number of methoxy groups -OCH3 is 1. The number of fused-ring (bicyclic) bond motifs is 13. The highest BCUT2D eigenvalue weighted by Crippen LogP contribution is 2.51. The van der Waals surface area contributed by atoms with Gasteiger partial charge in [-0.05, 0) is 38.0 Å². The first kappa shape index (κ1) is 56.6. The Kier molecular flexibility index (Phi) is 16.5. The van der Waals surface area contributed by atoms with Gasteiger partial charge in [0.2, 0.25) is 10.0 Å². The molecule has 1 amide bonds. The summed E-state index contributed by atoms with van der Waals surface area (Å²) in [5.41, 5.74) is -0.0980. The molecule has 1 fully saturated rings. The van der Waals surface area contributed by atoms with E-state index >= 15 is 0 Å². The molecule has 4 aromatic rings. The highest BCUT2D eigenvalue weighted by atomic mass is 32.2. The van der Waals surface area contributed by atoms with Crippen LogP contribution in [-0.2, 0) is 46.9 Å². The molecule has 6 N–H and O–H groups in total. The SMILES string of the molecule is CO[C@H]1/C=C/O[C@@]2(C)Oc3c(C)c(O)c4c(O)c(c5c(c4c3C2=O)NC2(CCN(CC(C)C)CC2)N=5)=NC(=O)/C(C)=C\C=C\[C@H](C)[C@H](O)[C@@H](C)[C@@H](O)[C@@H](C)[C@H](OC(=O)Cn2cc(CNS(=O)(=O)c3ccccc3)nn2)[C@@H]1C. The van der Waals surface area contributed by atoms with E-state index in [2.05, 4.69) is 44.1 Å². The van der Waals surface area contributed by atoms with Gasteiger partial charge in [-0.3, -0.25) is 19.4 Å². The lowest BCUT2D eigenvalue weighted by Crippen LogP contribution is -2.47. The van der Waals surface area contributed by atoms with Gasteiger partial charge in [0, 0.05) is 86.7 Å². The maximum atomic E-state index is 15.0. The number of ketones is 1. The number of phenols is 2. The first-order chi connectivity index (χ1) is 36.4. The van der Waals surface area contributed by atoms with E-state index in [0.29, 0.717) is 37.5 Å². The molecule has 0 radical (unpaired) electrons. The van der Waals surface area contributed by atoms with Crippen LogP contribution in [0.1, 0.15) is 89.8 Å². The number of hydrogen-bond acceptors (Lipinski definition) is 18. The number of aliphatic hydroxyl groups excluding tert-OH is 2. The van der Waals surface area contributed by atoms with Crippen molar-refractivity contribution in [3.05, 3.63) is 100 Å². The number of esters is 1. The van der Waals surface area contributed by atoms with E-state index in [9.17, 15) is 43.2 Å². The summed E-state index contributed by atoms with van der Waals surface area (Å²) in [6.45, 7) is 17.2. The highest BCUT2D eigenvalue weighted by Gasteiger charge is 2.51. The largest absolute Gasteiger partial charge is 0.507 e. The monoisotopic (exact) mass is 1080 g/mol. The molecule has 21 nitrogen and oxygen atoms in total. The lowest BCUT2D eigenvalue weighted by atomic mass is 9.78. The van der Waals surface area contributed by atoms with Crippen molar-refractivity contribution in [3.63, 3.8) is 0 Å². The number of piperidine rings is 1. The molecule has 5 bridgehead atoms. The summed E-state index contributed by atoms with van der Waals surface area (Å²) in [5.74, 6) is -7.70. The van der Waals surface area contributed by atoms with Crippen LogP contribution in [0.25, 0.3) is 10.8 Å². The lowest BCUT2D eigenvalue weighted by Gasteiger charge is -2.38. The summed E-state index contributed by atoms with van der Waals surface area (Å²) < 4.78 is 54.0. The predicted octanol–water partition coefficient (Wildman–Crippen LogP) is 4.50. The summed E-state index contributed by atoms with van der Waals surface area (Å²) in [5, 5.41) is 59.4. The van der Waals surface area contributed by atoms with Crippen molar-refractivity contribution >= 4 is 44.1 Å². The number of phenolic OH excluding ortho intramolecular Hbond substituents is 2. The van der Waals surface area contributed by atoms with Crippen LogP contribution in [0.3, 0.4) is 0 Å². The summed E-state index contributed by atoms with van der Waals surface area (Å²) in [6.07, 6.45) is 5.57. The Bertz CT molecular complexity index is 3260. The Balaban J connectivity index is 1.15. The fourth-order valence-corrected chi connectivity index (χ4v) is 11.7. The minimum atomic E-state index is -3.86. The Morgan fingerprint density at radius 2 is 1.66 bits per heavy atom. The van der Waals surface area contributed by atoms with Gasteiger partial charge in [-0.15, -0.1) is 5.10 Å². The number of amides is 1. The second-order valence-electron chi connectivity index (χ2n) is 21.4. The number of aromatic hydroxyl groups is 2. The van der Waals surface area contributed by atoms with Crippen LogP contribution in [0.5, 0.6) is 17.2 Å². The first-order valence-electron chi connectivity index (χ1n) is 25.9. The number of carbonyl (C=O) groups excluding carboxylic acids is 3. The second kappa shape index (κ2) is 22.4. The Hall–Kier alpha value is -6.56. The topological polar surface area (TPSA) is 286 Å². The molecule has 6 heterocycles. The average molecular weight is 1080 g/mol. The number of carbonyl (C=O) groups is 3. The number of nitrogens with one attached hydrogen (secondary N) is 2. The molecule has 9 rings (SSSR count). The van der Waals surface area contributed by atoms with Gasteiger partial charge in [0.1, 0.15) is 40.5 Å². The van der Waals surface area contributed by atoms with Crippen molar-refractivity contribution in [3.8, 4) is 17.2 Å². The van der Waals surface area contributed by atoms with Gasteiger partial charge >= 0.3 is 11.8 Å². The number of aliphatic hydroxyl groups is 2. The number of likely N-dealkylation sites (tertiary alicyclic amines) is 1. The van der Waals surface area contributed by atoms with Gasteiger partial charge < -0.3 is 49.6 Å². The van der Waals surface area contributed by atoms with E-state index in [0.717, 1.165) is 6.54 Å². The van der Waals surface area contributed by atoms with E-state index in [1.807, 2.05) is 0 Å². The summed E-state index contributed by atoms with van der Waals surface area (Å²) in [4.78, 5) is 54.9. The molecule has 77 heavy (non-hydrogen) atoms. The number of hydrogen-bond donors (Lipinski definition) is 6. The molecular formula is C55H70N8O13S. The fraction of sp³-hybridized carbons (Fsp3) is 0.509. The number of aromatic nitrogens is 3. The van der Waals surface area contributed by atoms with Crippen molar-refractivity contribution in [1.82, 2.24) is 24.6 Å². The van der Waals surface area contributed by atoms with Crippen LogP contribution >= 0.6 is 0 Å².